The van der Waals surface area contributed by atoms with Gasteiger partial charge >= 0.3 is 5.97 Å². The first-order valence-corrected chi connectivity index (χ1v) is 9.67. The summed E-state index contributed by atoms with van der Waals surface area (Å²) < 4.78 is 12.1. The number of fused-ring (bicyclic) bond motifs is 1. The number of esters is 1. The fourth-order valence-corrected chi connectivity index (χ4v) is 7.45. The van der Waals surface area contributed by atoms with E-state index >= 15 is 0 Å². The minimum atomic E-state index is -0.863. The summed E-state index contributed by atoms with van der Waals surface area (Å²) in [5.74, 6) is 0.852. The fourth-order valence-electron chi connectivity index (χ4n) is 7.45. The number of ketones is 1. The van der Waals surface area contributed by atoms with Crippen LogP contribution in [0.15, 0.2) is 0 Å². The van der Waals surface area contributed by atoms with Crippen molar-refractivity contribution < 1.29 is 19.1 Å². The molecule has 132 valence electrons. The van der Waals surface area contributed by atoms with Crippen molar-refractivity contribution in [2.24, 2.45) is 39.9 Å². The number of Topliss-reactive ketones (excluding diaryl/α,β-unsaturated/α-hetero) is 1. The third-order valence-electron chi connectivity index (χ3n) is 8.71. The Labute approximate surface area is 143 Å². The fraction of sp³-hybridized carbons (Fsp3) is 0.900. The molecular formula is C20H28O4. The summed E-state index contributed by atoms with van der Waals surface area (Å²) in [7, 11) is 0. The molecular weight excluding hydrogens is 304 g/mol. The van der Waals surface area contributed by atoms with E-state index in [1.165, 1.54) is 0 Å². The first-order valence-electron chi connectivity index (χ1n) is 9.67. The molecule has 2 aliphatic heterocycles. The number of carbonyl (C=O) groups is 2. The molecule has 4 nitrogen and oxygen atoms in total. The number of rotatable bonds is 0. The predicted molar refractivity (Wildman–Crippen MR) is 87.1 cm³/mol. The molecule has 4 heteroatoms. The molecule has 2 heterocycles. The largest absolute Gasteiger partial charge is 0.461 e. The quantitative estimate of drug-likeness (QED) is 0.505. The monoisotopic (exact) mass is 332 g/mol. The Morgan fingerprint density at radius 2 is 1.88 bits per heavy atom. The van der Waals surface area contributed by atoms with Gasteiger partial charge in [0.15, 0.2) is 5.78 Å². The zero-order chi connectivity index (χ0) is 16.9. The summed E-state index contributed by atoms with van der Waals surface area (Å²) in [6.45, 7) is 8.10. The second-order valence-corrected chi connectivity index (χ2v) is 9.82. The van der Waals surface area contributed by atoms with Crippen molar-refractivity contribution in [3.8, 4) is 0 Å². The average Bonchev–Trinajstić information content (AvgIpc) is 3.08. The van der Waals surface area contributed by atoms with E-state index in [2.05, 4.69) is 13.8 Å². The van der Waals surface area contributed by atoms with Crippen LogP contribution in [0, 0.1) is 39.9 Å². The molecule has 2 bridgehead atoms. The molecule has 24 heavy (non-hydrogen) atoms. The number of hydrogen-bond acceptors (Lipinski definition) is 4. The van der Waals surface area contributed by atoms with Gasteiger partial charge in [-0.05, 0) is 55.3 Å². The molecule has 0 amide bonds. The number of hydrogen-bond donors (Lipinski definition) is 0. The van der Waals surface area contributed by atoms with E-state index in [0.29, 0.717) is 18.4 Å². The highest BCUT2D eigenvalue weighted by Crippen LogP contribution is 2.70. The highest BCUT2D eigenvalue weighted by Gasteiger charge is 2.76. The highest BCUT2D eigenvalue weighted by molar-refractivity contribution is 6.07. The third kappa shape index (κ3) is 1.47. The predicted octanol–water partition coefficient (Wildman–Crippen LogP) is 2.99. The summed E-state index contributed by atoms with van der Waals surface area (Å²) in [6.07, 6.45) is 4.71. The molecule has 0 N–H and O–H groups in total. The van der Waals surface area contributed by atoms with Crippen LogP contribution >= 0.6 is 0 Å². The van der Waals surface area contributed by atoms with E-state index in [1.54, 1.807) is 0 Å². The second-order valence-electron chi connectivity index (χ2n) is 9.82. The highest BCUT2D eigenvalue weighted by atomic mass is 16.6. The van der Waals surface area contributed by atoms with Crippen LogP contribution in [0.2, 0.25) is 0 Å². The summed E-state index contributed by atoms with van der Waals surface area (Å²) in [4.78, 5) is 26.3. The van der Waals surface area contributed by atoms with Crippen molar-refractivity contribution >= 4 is 11.8 Å². The summed E-state index contributed by atoms with van der Waals surface area (Å²) in [6, 6.07) is 0. The molecule has 7 atom stereocenters. The van der Waals surface area contributed by atoms with Crippen molar-refractivity contribution in [1.29, 1.82) is 0 Å². The van der Waals surface area contributed by atoms with Crippen LogP contribution < -0.4 is 0 Å². The Bertz CT molecular complexity index is 625. The van der Waals surface area contributed by atoms with Gasteiger partial charge in [-0.2, -0.15) is 0 Å². The normalized spacial score (nSPS) is 54.7. The summed E-state index contributed by atoms with van der Waals surface area (Å²) >= 11 is 0. The average molecular weight is 332 g/mol. The van der Waals surface area contributed by atoms with Crippen molar-refractivity contribution in [3.05, 3.63) is 0 Å². The molecule has 2 saturated heterocycles. The van der Waals surface area contributed by atoms with Crippen molar-refractivity contribution in [2.45, 2.75) is 59.0 Å². The molecule has 0 aromatic rings. The number of carbonyl (C=O) groups excluding carboxylic acids is 2. The van der Waals surface area contributed by atoms with Gasteiger partial charge in [0, 0.05) is 11.3 Å². The van der Waals surface area contributed by atoms with Crippen molar-refractivity contribution in [1.82, 2.24) is 0 Å². The Morgan fingerprint density at radius 3 is 2.67 bits per heavy atom. The van der Waals surface area contributed by atoms with Gasteiger partial charge in [-0.15, -0.1) is 0 Å². The van der Waals surface area contributed by atoms with E-state index in [-0.39, 0.29) is 40.5 Å². The Hall–Kier alpha value is -0.900. The minimum absolute atomic E-state index is 0.00729. The third-order valence-corrected chi connectivity index (χ3v) is 8.71. The van der Waals surface area contributed by atoms with Gasteiger partial charge in [0.25, 0.3) is 0 Å². The van der Waals surface area contributed by atoms with Crippen LogP contribution in [-0.4, -0.2) is 31.1 Å². The smallest absolute Gasteiger partial charge is 0.320 e. The standard InChI is InChI=1S/C20H28O4/c1-11-12-4-5-13-19(8-12,16(11)21)17(22)24-15-6-7-18(2,3)14-9-23-10-20(13,14)15/h11-15H,4-10H2,1-3H3. The molecule has 0 aromatic heterocycles. The van der Waals surface area contributed by atoms with E-state index in [0.717, 1.165) is 38.7 Å². The van der Waals surface area contributed by atoms with Crippen LogP contribution in [0.25, 0.3) is 0 Å². The van der Waals surface area contributed by atoms with Gasteiger partial charge in [0.1, 0.15) is 11.5 Å². The van der Waals surface area contributed by atoms with Crippen LogP contribution in [-0.2, 0) is 19.1 Å². The van der Waals surface area contributed by atoms with Gasteiger partial charge in [-0.3, -0.25) is 9.59 Å². The molecule has 0 aromatic carbocycles. The van der Waals surface area contributed by atoms with Gasteiger partial charge in [-0.25, -0.2) is 0 Å². The van der Waals surface area contributed by atoms with E-state index in [1.807, 2.05) is 6.92 Å². The van der Waals surface area contributed by atoms with E-state index in [4.69, 9.17) is 9.47 Å². The lowest BCUT2D eigenvalue weighted by molar-refractivity contribution is -0.231. The molecule has 0 radical (unpaired) electrons. The SMILES string of the molecule is CC1C(=O)C23CC1CCC2C12COCC1C(C)(C)CCC2OC3=O. The second kappa shape index (κ2) is 4.44. The molecule has 5 rings (SSSR count). The first kappa shape index (κ1) is 15.4. The van der Waals surface area contributed by atoms with Gasteiger partial charge in [-0.1, -0.05) is 20.8 Å². The maximum absolute atomic E-state index is 13.2. The zero-order valence-corrected chi connectivity index (χ0v) is 15.0. The Balaban J connectivity index is 1.69. The molecule has 7 unspecified atom stereocenters. The zero-order valence-electron chi connectivity index (χ0n) is 15.0. The lowest BCUT2D eigenvalue weighted by Crippen LogP contribution is -2.67. The summed E-state index contributed by atoms with van der Waals surface area (Å²) in [5, 5.41) is 0. The molecule has 3 saturated carbocycles. The molecule has 5 aliphatic rings. The number of ether oxygens (including phenoxy) is 2. The van der Waals surface area contributed by atoms with Crippen LogP contribution in [0.5, 0.6) is 0 Å². The summed E-state index contributed by atoms with van der Waals surface area (Å²) in [5.41, 5.74) is -0.819. The Morgan fingerprint density at radius 1 is 1.08 bits per heavy atom. The first-order chi connectivity index (χ1) is 11.3. The van der Waals surface area contributed by atoms with E-state index < -0.39 is 5.41 Å². The maximum Gasteiger partial charge on any atom is 0.320 e. The lowest BCUT2D eigenvalue weighted by atomic mass is 9.44. The van der Waals surface area contributed by atoms with Crippen LogP contribution in [0.1, 0.15) is 52.9 Å². The Kier molecular flexibility index (Phi) is 2.84. The van der Waals surface area contributed by atoms with Gasteiger partial charge in [0.05, 0.1) is 13.2 Å². The minimum Gasteiger partial charge on any atom is -0.461 e. The van der Waals surface area contributed by atoms with Crippen molar-refractivity contribution in [3.63, 3.8) is 0 Å². The molecule has 5 fully saturated rings. The lowest BCUT2D eigenvalue weighted by Gasteiger charge is -2.61. The van der Waals surface area contributed by atoms with Gasteiger partial charge in [0.2, 0.25) is 0 Å². The van der Waals surface area contributed by atoms with Crippen LogP contribution in [0.3, 0.4) is 0 Å². The van der Waals surface area contributed by atoms with Crippen LogP contribution in [0.4, 0.5) is 0 Å². The maximum atomic E-state index is 13.2. The topological polar surface area (TPSA) is 52.6 Å². The van der Waals surface area contributed by atoms with Crippen molar-refractivity contribution in [2.75, 3.05) is 13.2 Å². The molecule has 2 spiro atoms. The van der Waals surface area contributed by atoms with E-state index in [9.17, 15) is 9.59 Å². The molecule has 3 aliphatic carbocycles. The van der Waals surface area contributed by atoms with Gasteiger partial charge < -0.3 is 9.47 Å².